The zero-order valence-electron chi connectivity index (χ0n) is 33.6. The highest BCUT2D eigenvalue weighted by Gasteiger charge is 2.17. The van der Waals surface area contributed by atoms with Gasteiger partial charge in [-0.1, -0.05) is 200 Å². The van der Waals surface area contributed by atoms with E-state index in [2.05, 4.69) is 254 Å². The molecule has 11 rings (SSSR count). The fourth-order valence-electron chi connectivity index (χ4n) is 9.04. The van der Waals surface area contributed by atoms with Crippen LogP contribution in [0.2, 0.25) is 0 Å². The van der Waals surface area contributed by atoms with Crippen molar-refractivity contribution in [2.75, 3.05) is 4.90 Å². The average molecular weight is 776 g/mol. The number of hydrogen-bond donors (Lipinski definition) is 0. The molecule has 1 nitrogen and oxygen atoms in total. The number of nitrogens with zero attached hydrogens (tertiary/aromatic N) is 1. The highest BCUT2D eigenvalue weighted by molar-refractivity contribution is 6.13. The summed E-state index contributed by atoms with van der Waals surface area (Å²) >= 11 is 0. The van der Waals surface area contributed by atoms with Gasteiger partial charge in [-0.3, -0.25) is 0 Å². The molecule has 11 aromatic rings. The van der Waals surface area contributed by atoms with Crippen LogP contribution in [0, 0.1) is 0 Å². The molecule has 0 heterocycles. The SMILES string of the molecule is c1ccc(-c2ccc(N(c3ccc(-c4ccc(-c5cccc6ccccc56)c(-c5ccccc5)c4)cc3)c3ccc(-c4cc5ccccc5c5ccccc45)cc3)cc2)cc1. The Morgan fingerprint density at radius 2 is 0.639 bits per heavy atom. The van der Waals surface area contributed by atoms with Gasteiger partial charge in [0, 0.05) is 17.1 Å². The topological polar surface area (TPSA) is 3.24 Å². The van der Waals surface area contributed by atoms with E-state index in [1.807, 2.05) is 0 Å². The Kier molecular flexibility index (Phi) is 9.26. The summed E-state index contributed by atoms with van der Waals surface area (Å²) in [6.07, 6.45) is 0. The number of rotatable bonds is 8. The Labute approximate surface area is 357 Å². The van der Waals surface area contributed by atoms with Crippen LogP contribution in [0.1, 0.15) is 0 Å². The van der Waals surface area contributed by atoms with Crippen molar-refractivity contribution >= 4 is 49.4 Å². The van der Waals surface area contributed by atoms with E-state index in [0.717, 1.165) is 17.1 Å². The molecule has 0 spiro atoms. The van der Waals surface area contributed by atoms with Gasteiger partial charge in [0.15, 0.2) is 0 Å². The van der Waals surface area contributed by atoms with Crippen LogP contribution >= 0.6 is 0 Å². The van der Waals surface area contributed by atoms with Crippen LogP contribution in [0.4, 0.5) is 17.1 Å². The van der Waals surface area contributed by atoms with Crippen LogP contribution in [0.5, 0.6) is 0 Å². The van der Waals surface area contributed by atoms with Gasteiger partial charge in [-0.2, -0.15) is 0 Å². The van der Waals surface area contributed by atoms with Crippen molar-refractivity contribution in [2.45, 2.75) is 0 Å². The lowest BCUT2D eigenvalue weighted by Gasteiger charge is -2.26. The van der Waals surface area contributed by atoms with Gasteiger partial charge in [0.2, 0.25) is 0 Å². The minimum atomic E-state index is 1.09. The Morgan fingerprint density at radius 3 is 1.30 bits per heavy atom. The minimum absolute atomic E-state index is 1.09. The normalized spacial score (nSPS) is 11.3. The third kappa shape index (κ3) is 6.83. The number of benzene rings is 11. The predicted molar refractivity (Wildman–Crippen MR) is 261 cm³/mol. The minimum Gasteiger partial charge on any atom is -0.311 e. The summed E-state index contributed by atoms with van der Waals surface area (Å²) in [5.74, 6) is 0. The Balaban J connectivity index is 0.991. The molecule has 0 aliphatic rings. The monoisotopic (exact) mass is 775 g/mol. The second-order valence-corrected chi connectivity index (χ2v) is 15.7. The molecule has 0 bridgehead atoms. The van der Waals surface area contributed by atoms with Crippen molar-refractivity contribution in [3.05, 3.63) is 249 Å². The van der Waals surface area contributed by atoms with Crippen molar-refractivity contribution in [3.8, 4) is 55.6 Å². The molecule has 0 aromatic heterocycles. The van der Waals surface area contributed by atoms with Crippen molar-refractivity contribution in [1.29, 1.82) is 0 Å². The maximum Gasteiger partial charge on any atom is 0.0462 e. The molecule has 0 N–H and O–H groups in total. The lowest BCUT2D eigenvalue weighted by atomic mass is 9.89. The predicted octanol–water partition coefficient (Wildman–Crippen LogP) is 17.0. The summed E-state index contributed by atoms with van der Waals surface area (Å²) in [5, 5.41) is 7.57. The van der Waals surface area contributed by atoms with Gasteiger partial charge in [0.05, 0.1) is 0 Å². The lowest BCUT2D eigenvalue weighted by molar-refractivity contribution is 1.28. The van der Waals surface area contributed by atoms with E-state index in [0.29, 0.717) is 0 Å². The Hall–Kier alpha value is -8.00. The van der Waals surface area contributed by atoms with Gasteiger partial charge >= 0.3 is 0 Å². The molecule has 0 amide bonds. The lowest BCUT2D eigenvalue weighted by Crippen LogP contribution is -2.09. The molecular weight excluding hydrogens is 735 g/mol. The molecule has 0 saturated heterocycles. The summed E-state index contributed by atoms with van der Waals surface area (Å²) in [6.45, 7) is 0. The summed E-state index contributed by atoms with van der Waals surface area (Å²) in [6, 6.07) is 90.4. The molecule has 286 valence electrons. The molecular formula is C60H41N. The summed E-state index contributed by atoms with van der Waals surface area (Å²) in [5.41, 5.74) is 15.4. The molecule has 0 aliphatic heterocycles. The van der Waals surface area contributed by atoms with Crippen LogP contribution in [-0.2, 0) is 0 Å². The standard InChI is InChI=1S/C60H41N/c1-3-14-42(15-4-1)43-26-33-50(34-27-43)61(52-37-30-47(31-38-52)60-41-49-19-8-10-22-54(49)55-23-11-12-24-57(55)60)51-35-28-44(29-36-51)48-32-39-58(59(40-48)46-16-5-2-6-17-46)56-25-13-20-45-18-7-9-21-53(45)56/h1-41H. The quantitative estimate of drug-likeness (QED) is 0.139. The van der Waals surface area contributed by atoms with Crippen molar-refractivity contribution in [1.82, 2.24) is 0 Å². The van der Waals surface area contributed by atoms with Gasteiger partial charge in [-0.05, 0) is 136 Å². The van der Waals surface area contributed by atoms with E-state index in [1.54, 1.807) is 0 Å². The number of hydrogen-bond acceptors (Lipinski definition) is 1. The average Bonchev–Trinajstić information content (AvgIpc) is 3.35. The molecule has 0 radical (unpaired) electrons. The molecule has 0 saturated carbocycles. The third-order valence-electron chi connectivity index (χ3n) is 12.1. The van der Waals surface area contributed by atoms with E-state index < -0.39 is 0 Å². The van der Waals surface area contributed by atoms with Crippen LogP contribution in [0.15, 0.2) is 249 Å². The van der Waals surface area contributed by atoms with E-state index in [4.69, 9.17) is 0 Å². The molecule has 0 aliphatic carbocycles. The Morgan fingerprint density at radius 1 is 0.197 bits per heavy atom. The first kappa shape index (κ1) is 36.1. The maximum atomic E-state index is 2.36. The van der Waals surface area contributed by atoms with Crippen LogP contribution < -0.4 is 4.90 Å². The summed E-state index contributed by atoms with van der Waals surface area (Å²) in [4.78, 5) is 2.36. The van der Waals surface area contributed by atoms with Crippen LogP contribution in [-0.4, -0.2) is 0 Å². The molecule has 11 aromatic carbocycles. The van der Waals surface area contributed by atoms with E-state index in [1.165, 1.54) is 88.0 Å². The Bertz CT molecular complexity index is 3310. The smallest absolute Gasteiger partial charge is 0.0462 e. The van der Waals surface area contributed by atoms with Crippen LogP contribution in [0.3, 0.4) is 0 Å². The van der Waals surface area contributed by atoms with E-state index in [9.17, 15) is 0 Å². The molecule has 0 atom stereocenters. The van der Waals surface area contributed by atoms with Crippen molar-refractivity contribution < 1.29 is 0 Å². The van der Waals surface area contributed by atoms with Gasteiger partial charge in [0.25, 0.3) is 0 Å². The van der Waals surface area contributed by atoms with Crippen molar-refractivity contribution in [3.63, 3.8) is 0 Å². The van der Waals surface area contributed by atoms with Gasteiger partial charge in [0.1, 0.15) is 0 Å². The third-order valence-corrected chi connectivity index (χ3v) is 12.1. The summed E-state index contributed by atoms with van der Waals surface area (Å²) in [7, 11) is 0. The first-order chi connectivity index (χ1) is 30.2. The molecule has 0 unspecified atom stereocenters. The molecule has 1 heteroatoms. The molecule has 61 heavy (non-hydrogen) atoms. The second kappa shape index (κ2) is 15.6. The largest absolute Gasteiger partial charge is 0.311 e. The number of anilines is 3. The second-order valence-electron chi connectivity index (χ2n) is 15.7. The first-order valence-corrected chi connectivity index (χ1v) is 21.0. The zero-order valence-corrected chi connectivity index (χ0v) is 33.6. The van der Waals surface area contributed by atoms with E-state index in [-0.39, 0.29) is 0 Å². The van der Waals surface area contributed by atoms with Gasteiger partial charge in [-0.15, -0.1) is 0 Å². The van der Waals surface area contributed by atoms with E-state index >= 15 is 0 Å². The highest BCUT2D eigenvalue weighted by Crippen LogP contribution is 2.42. The maximum absolute atomic E-state index is 2.36. The van der Waals surface area contributed by atoms with Gasteiger partial charge < -0.3 is 4.90 Å². The fourth-order valence-corrected chi connectivity index (χ4v) is 9.04. The highest BCUT2D eigenvalue weighted by atomic mass is 15.1. The van der Waals surface area contributed by atoms with Gasteiger partial charge in [-0.25, -0.2) is 0 Å². The van der Waals surface area contributed by atoms with Crippen molar-refractivity contribution in [2.24, 2.45) is 0 Å². The fraction of sp³-hybridized carbons (Fsp3) is 0. The van der Waals surface area contributed by atoms with Crippen LogP contribution in [0.25, 0.3) is 88.0 Å². The number of fused-ring (bicyclic) bond motifs is 4. The first-order valence-electron chi connectivity index (χ1n) is 21.0. The summed E-state index contributed by atoms with van der Waals surface area (Å²) < 4.78 is 0. The zero-order chi connectivity index (χ0) is 40.5. The molecule has 0 fully saturated rings.